The van der Waals surface area contributed by atoms with Gasteiger partial charge in [-0.1, -0.05) is 13.3 Å². The van der Waals surface area contributed by atoms with Crippen LogP contribution in [0.5, 0.6) is 0 Å². The quantitative estimate of drug-likeness (QED) is 0.841. The van der Waals surface area contributed by atoms with Gasteiger partial charge in [0, 0.05) is 32.3 Å². The van der Waals surface area contributed by atoms with Crippen LogP contribution in [-0.2, 0) is 14.8 Å². The lowest BCUT2D eigenvalue weighted by molar-refractivity contribution is 0.0962. The lowest BCUT2D eigenvalue weighted by atomic mass is 10.1. The summed E-state index contributed by atoms with van der Waals surface area (Å²) in [4.78, 5) is 0. The van der Waals surface area contributed by atoms with E-state index >= 15 is 0 Å². The Hall–Kier alpha value is 0.120. The SMILES string of the molecule is CCCC1CNCCN1S(=O)(=O)C1CCCOC1.Cl. The maximum Gasteiger partial charge on any atom is 0.219 e. The molecule has 2 fully saturated rings. The molecule has 0 aromatic carbocycles. The van der Waals surface area contributed by atoms with Crippen molar-refractivity contribution in [1.82, 2.24) is 9.62 Å². The molecular formula is C12H25ClN2O3S. The predicted molar refractivity (Wildman–Crippen MR) is 78.3 cm³/mol. The lowest BCUT2D eigenvalue weighted by Crippen LogP contribution is -2.56. The number of halogens is 1. The molecular weight excluding hydrogens is 288 g/mol. The zero-order valence-corrected chi connectivity index (χ0v) is 13.1. The molecule has 0 aromatic heterocycles. The van der Waals surface area contributed by atoms with Gasteiger partial charge in [-0.25, -0.2) is 8.42 Å². The van der Waals surface area contributed by atoms with Gasteiger partial charge in [-0.05, 0) is 19.3 Å². The molecule has 0 spiro atoms. The second-order valence-electron chi connectivity index (χ2n) is 5.14. The number of hydrogen-bond acceptors (Lipinski definition) is 4. The van der Waals surface area contributed by atoms with E-state index in [2.05, 4.69) is 12.2 Å². The van der Waals surface area contributed by atoms with E-state index < -0.39 is 10.0 Å². The molecule has 1 N–H and O–H groups in total. The van der Waals surface area contributed by atoms with E-state index in [4.69, 9.17) is 4.74 Å². The number of piperazine rings is 1. The molecule has 2 aliphatic heterocycles. The first-order chi connectivity index (χ1) is 8.66. The van der Waals surface area contributed by atoms with Gasteiger partial charge in [0.1, 0.15) is 0 Å². The monoisotopic (exact) mass is 312 g/mol. The summed E-state index contributed by atoms with van der Waals surface area (Å²) >= 11 is 0. The fraction of sp³-hybridized carbons (Fsp3) is 1.00. The highest BCUT2D eigenvalue weighted by molar-refractivity contribution is 7.89. The molecule has 0 aliphatic carbocycles. The van der Waals surface area contributed by atoms with Gasteiger partial charge < -0.3 is 10.1 Å². The Bertz CT molecular complexity index is 356. The summed E-state index contributed by atoms with van der Waals surface area (Å²) in [6.45, 7) is 5.30. The summed E-state index contributed by atoms with van der Waals surface area (Å²) < 4.78 is 32.3. The molecule has 0 amide bonds. The Morgan fingerprint density at radius 3 is 2.84 bits per heavy atom. The van der Waals surface area contributed by atoms with Gasteiger partial charge in [-0.3, -0.25) is 0 Å². The fourth-order valence-corrected chi connectivity index (χ4v) is 4.85. The number of nitrogens with zero attached hydrogens (tertiary/aromatic N) is 1. The summed E-state index contributed by atoms with van der Waals surface area (Å²) in [7, 11) is -3.19. The molecule has 19 heavy (non-hydrogen) atoms. The van der Waals surface area contributed by atoms with Crippen LogP contribution in [0.1, 0.15) is 32.6 Å². The average Bonchev–Trinajstić information content (AvgIpc) is 2.41. The van der Waals surface area contributed by atoms with Crippen LogP contribution in [0, 0.1) is 0 Å². The van der Waals surface area contributed by atoms with Crippen LogP contribution in [0.25, 0.3) is 0 Å². The van der Waals surface area contributed by atoms with Crippen LogP contribution >= 0.6 is 12.4 Å². The van der Waals surface area contributed by atoms with Crippen molar-refractivity contribution in [1.29, 1.82) is 0 Å². The van der Waals surface area contributed by atoms with E-state index in [1.54, 1.807) is 4.31 Å². The molecule has 0 saturated carbocycles. The van der Waals surface area contributed by atoms with Gasteiger partial charge in [0.05, 0.1) is 11.9 Å². The second-order valence-corrected chi connectivity index (χ2v) is 7.31. The smallest absolute Gasteiger partial charge is 0.219 e. The molecule has 0 radical (unpaired) electrons. The zero-order chi connectivity index (χ0) is 13.0. The van der Waals surface area contributed by atoms with Crippen LogP contribution in [0.15, 0.2) is 0 Å². The van der Waals surface area contributed by atoms with Crippen LogP contribution in [0.2, 0.25) is 0 Å². The average molecular weight is 313 g/mol. The number of nitrogens with one attached hydrogen (secondary N) is 1. The largest absolute Gasteiger partial charge is 0.380 e. The van der Waals surface area contributed by atoms with Crippen molar-refractivity contribution in [2.24, 2.45) is 0 Å². The summed E-state index contributed by atoms with van der Waals surface area (Å²) in [5.74, 6) is 0. The molecule has 0 aromatic rings. The Balaban J connectivity index is 0.00000180. The molecule has 0 bridgehead atoms. The molecule has 2 atom stereocenters. The molecule has 2 saturated heterocycles. The van der Waals surface area contributed by atoms with Crippen LogP contribution < -0.4 is 5.32 Å². The Morgan fingerprint density at radius 1 is 1.42 bits per heavy atom. The minimum atomic E-state index is -3.19. The Kier molecular flexibility index (Phi) is 7.04. The molecule has 2 heterocycles. The lowest BCUT2D eigenvalue weighted by Gasteiger charge is -2.38. The minimum absolute atomic E-state index is 0. The third kappa shape index (κ3) is 4.04. The van der Waals surface area contributed by atoms with Gasteiger partial charge in [0.25, 0.3) is 0 Å². The van der Waals surface area contributed by atoms with E-state index in [0.717, 1.165) is 38.8 Å². The highest BCUT2D eigenvalue weighted by Gasteiger charge is 2.38. The maximum absolute atomic E-state index is 12.6. The summed E-state index contributed by atoms with van der Waals surface area (Å²) in [6, 6.07) is 0.121. The van der Waals surface area contributed by atoms with Crippen molar-refractivity contribution in [2.45, 2.75) is 43.9 Å². The Labute approximate surface area is 122 Å². The molecule has 2 rings (SSSR count). The van der Waals surface area contributed by atoms with Gasteiger partial charge >= 0.3 is 0 Å². The topological polar surface area (TPSA) is 58.6 Å². The van der Waals surface area contributed by atoms with Gasteiger partial charge in [-0.2, -0.15) is 4.31 Å². The third-order valence-corrected chi connectivity index (χ3v) is 6.13. The van der Waals surface area contributed by atoms with E-state index in [-0.39, 0.29) is 23.7 Å². The number of sulfonamides is 1. The van der Waals surface area contributed by atoms with Crippen LogP contribution in [-0.4, -0.2) is 56.9 Å². The maximum atomic E-state index is 12.6. The van der Waals surface area contributed by atoms with Crippen molar-refractivity contribution in [3.63, 3.8) is 0 Å². The first kappa shape index (κ1) is 17.2. The summed E-state index contributed by atoms with van der Waals surface area (Å²) in [6.07, 6.45) is 3.54. The number of rotatable bonds is 4. The second kappa shape index (κ2) is 7.78. The van der Waals surface area contributed by atoms with E-state index in [0.29, 0.717) is 19.8 Å². The van der Waals surface area contributed by atoms with Crippen LogP contribution in [0.3, 0.4) is 0 Å². The molecule has 114 valence electrons. The van der Waals surface area contributed by atoms with Crippen molar-refractivity contribution in [3.8, 4) is 0 Å². The van der Waals surface area contributed by atoms with E-state index in [1.165, 1.54) is 0 Å². The predicted octanol–water partition coefficient (Wildman–Crippen LogP) is 0.991. The van der Waals surface area contributed by atoms with Gasteiger partial charge in [0.2, 0.25) is 10.0 Å². The standard InChI is InChI=1S/C12H24N2O3S.ClH/c1-2-4-11-9-13-6-7-14(11)18(15,16)12-5-3-8-17-10-12;/h11-13H,2-10H2,1H3;1H. The van der Waals surface area contributed by atoms with Gasteiger partial charge in [0.15, 0.2) is 0 Å². The zero-order valence-electron chi connectivity index (χ0n) is 11.5. The van der Waals surface area contributed by atoms with Crippen molar-refractivity contribution in [2.75, 3.05) is 32.8 Å². The molecule has 7 heteroatoms. The minimum Gasteiger partial charge on any atom is -0.380 e. The highest BCUT2D eigenvalue weighted by Crippen LogP contribution is 2.23. The first-order valence-corrected chi connectivity index (χ1v) is 8.45. The van der Waals surface area contributed by atoms with E-state index in [9.17, 15) is 8.42 Å². The normalized spacial score (nSPS) is 29.7. The van der Waals surface area contributed by atoms with Crippen molar-refractivity contribution < 1.29 is 13.2 Å². The number of hydrogen-bond donors (Lipinski definition) is 1. The van der Waals surface area contributed by atoms with Crippen LogP contribution in [0.4, 0.5) is 0 Å². The number of ether oxygens (including phenoxy) is 1. The summed E-state index contributed by atoms with van der Waals surface area (Å²) in [5, 5.41) is 2.96. The molecule has 2 unspecified atom stereocenters. The van der Waals surface area contributed by atoms with Gasteiger partial charge in [-0.15, -0.1) is 12.4 Å². The van der Waals surface area contributed by atoms with Crippen molar-refractivity contribution >= 4 is 22.4 Å². The first-order valence-electron chi connectivity index (χ1n) is 6.95. The van der Waals surface area contributed by atoms with E-state index in [1.807, 2.05) is 0 Å². The molecule has 2 aliphatic rings. The highest BCUT2D eigenvalue weighted by atomic mass is 35.5. The third-order valence-electron chi connectivity index (χ3n) is 3.78. The Morgan fingerprint density at radius 2 is 2.21 bits per heavy atom. The van der Waals surface area contributed by atoms with Crippen molar-refractivity contribution in [3.05, 3.63) is 0 Å². The fourth-order valence-electron chi connectivity index (χ4n) is 2.79. The molecule has 5 nitrogen and oxygen atoms in total. The summed E-state index contributed by atoms with van der Waals surface area (Å²) in [5.41, 5.74) is 0.